The minimum absolute atomic E-state index is 0.0595. The fourth-order valence-corrected chi connectivity index (χ4v) is 7.50. The molecule has 0 aromatic carbocycles. The Kier molecular flexibility index (Phi) is 5.45. The summed E-state index contributed by atoms with van der Waals surface area (Å²) in [6.07, 6.45) is -1.29. The summed E-state index contributed by atoms with van der Waals surface area (Å²) in [4.78, 5) is 47.8. The molecule has 0 amide bonds. The number of anilines is 1. The van der Waals surface area contributed by atoms with Gasteiger partial charge in [-0.05, 0) is 5.92 Å². The van der Waals surface area contributed by atoms with E-state index in [4.69, 9.17) is 15.5 Å². The number of alkyl halides is 1. The average molecular weight is 519 g/mol. The number of phosphoric acid groups is 3. The molecular formula is C12H17FN5O11P3. The van der Waals surface area contributed by atoms with E-state index in [9.17, 15) is 28.6 Å². The van der Waals surface area contributed by atoms with Crippen LogP contribution < -0.4 is 5.73 Å². The van der Waals surface area contributed by atoms with Gasteiger partial charge in [-0.2, -0.15) is 8.62 Å². The van der Waals surface area contributed by atoms with Crippen LogP contribution in [0, 0.1) is 11.8 Å². The van der Waals surface area contributed by atoms with Crippen LogP contribution in [0.25, 0.3) is 11.2 Å². The van der Waals surface area contributed by atoms with Crippen molar-refractivity contribution in [2.24, 2.45) is 11.8 Å². The van der Waals surface area contributed by atoms with E-state index in [1.165, 1.54) is 17.8 Å². The molecule has 32 heavy (non-hydrogen) atoms. The van der Waals surface area contributed by atoms with E-state index in [0.29, 0.717) is 0 Å². The maximum atomic E-state index is 15.3. The molecule has 8 atom stereocenters. The third kappa shape index (κ3) is 3.93. The summed E-state index contributed by atoms with van der Waals surface area (Å²) in [6.45, 7) is 1.52. The molecule has 2 aromatic rings. The fraction of sp³-hybridized carbons (Fsp3) is 0.583. The highest BCUT2D eigenvalue weighted by Gasteiger charge is 2.80. The minimum Gasteiger partial charge on any atom is -0.384 e. The van der Waals surface area contributed by atoms with Crippen LogP contribution in [0.4, 0.5) is 10.2 Å². The summed E-state index contributed by atoms with van der Waals surface area (Å²) >= 11 is 0. The lowest BCUT2D eigenvalue weighted by Crippen LogP contribution is -2.35. The number of fused-ring (bicyclic) bond motifs is 2. The highest BCUT2D eigenvalue weighted by molar-refractivity contribution is 7.66. The molecule has 2 aromatic heterocycles. The van der Waals surface area contributed by atoms with Gasteiger partial charge in [0.05, 0.1) is 12.4 Å². The zero-order valence-corrected chi connectivity index (χ0v) is 18.5. The van der Waals surface area contributed by atoms with Gasteiger partial charge >= 0.3 is 23.5 Å². The molecule has 2 aliphatic carbocycles. The zero-order chi connectivity index (χ0) is 23.9. The van der Waals surface area contributed by atoms with E-state index in [1.807, 2.05) is 0 Å². The Morgan fingerprint density at radius 3 is 2.34 bits per heavy atom. The van der Waals surface area contributed by atoms with Gasteiger partial charge in [0.2, 0.25) is 0 Å². The van der Waals surface area contributed by atoms with Crippen LogP contribution in [0.15, 0.2) is 12.7 Å². The van der Waals surface area contributed by atoms with Crippen LogP contribution in [0.3, 0.4) is 0 Å². The van der Waals surface area contributed by atoms with Gasteiger partial charge in [-0.15, -0.1) is 0 Å². The first-order chi connectivity index (χ1) is 14.6. The molecule has 0 bridgehead atoms. The van der Waals surface area contributed by atoms with Gasteiger partial charge in [0.15, 0.2) is 17.6 Å². The van der Waals surface area contributed by atoms with Gasteiger partial charge < -0.3 is 35.0 Å². The molecule has 0 aliphatic heterocycles. The molecule has 3 unspecified atom stereocenters. The number of halogens is 1. The van der Waals surface area contributed by atoms with Crippen molar-refractivity contribution in [2.75, 3.05) is 5.73 Å². The summed E-state index contributed by atoms with van der Waals surface area (Å²) in [5, 5.41) is 10.7. The lowest BCUT2D eigenvalue weighted by Gasteiger charge is -2.27. The van der Waals surface area contributed by atoms with Gasteiger partial charge in [0, 0.05) is 5.92 Å². The largest absolute Gasteiger partial charge is 0.490 e. The van der Waals surface area contributed by atoms with E-state index in [-0.39, 0.29) is 17.0 Å². The SMILES string of the molecule is C[C@H]1[C@@H](n2cnc3c(N)ncnc32)[C@@H](F)[C@@]2(O)C(OP(=O)(O)OP(=O)(O)OP(=O)(O)O)[C@@H]12. The number of aliphatic hydroxyl groups is 1. The van der Waals surface area contributed by atoms with Crippen molar-refractivity contribution < 1.29 is 55.9 Å². The van der Waals surface area contributed by atoms with Crippen LogP contribution in [0.5, 0.6) is 0 Å². The summed E-state index contributed by atoms with van der Waals surface area (Å²) in [7, 11) is -16.8. The third-order valence-corrected chi connectivity index (χ3v) is 9.25. The number of hydrogen-bond acceptors (Lipinski definition) is 11. The quantitative estimate of drug-likeness (QED) is 0.264. The second kappa shape index (κ2) is 7.32. The Morgan fingerprint density at radius 1 is 1.12 bits per heavy atom. The van der Waals surface area contributed by atoms with E-state index in [2.05, 4.69) is 28.1 Å². The molecule has 178 valence electrons. The normalized spacial score (nSPS) is 35.9. The van der Waals surface area contributed by atoms with Crippen LogP contribution in [0.1, 0.15) is 13.0 Å². The third-order valence-electron chi connectivity index (χ3n) is 5.42. The molecule has 2 fully saturated rings. The van der Waals surface area contributed by atoms with Crippen molar-refractivity contribution in [3.05, 3.63) is 12.7 Å². The van der Waals surface area contributed by atoms with Gasteiger partial charge in [0.25, 0.3) is 0 Å². The Balaban J connectivity index is 1.53. The molecule has 0 spiro atoms. The molecule has 7 N–H and O–H groups in total. The summed E-state index contributed by atoms with van der Waals surface area (Å²) < 4.78 is 62.8. The predicted molar refractivity (Wildman–Crippen MR) is 100 cm³/mol. The van der Waals surface area contributed by atoms with Crippen LogP contribution in [0.2, 0.25) is 0 Å². The molecule has 0 radical (unpaired) electrons. The first-order valence-electron chi connectivity index (χ1n) is 8.69. The number of nitrogens with two attached hydrogens (primary N) is 1. The second-order valence-electron chi connectivity index (χ2n) is 7.36. The highest BCUT2D eigenvalue weighted by atomic mass is 31.3. The minimum atomic E-state index is -5.75. The van der Waals surface area contributed by atoms with Crippen LogP contribution >= 0.6 is 23.5 Å². The number of aromatic nitrogens is 4. The Morgan fingerprint density at radius 2 is 1.78 bits per heavy atom. The van der Waals surface area contributed by atoms with Crippen molar-refractivity contribution >= 4 is 40.4 Å². The van der Waals surface area contributed by atoms with E-state index < -0.39 is 59.2 Å². The lowest BCUT2D eigenvalue weighted by molar-refractivity contribution is 0.00130. The predicted octanol–water partition coefficient (Wildman–Crippen LogP) is 0.0102. The molecular weight excluding hydrogens is 502 g/mol. The van der Waals surface area contributed by atoms with Gasteiger partial charge in [-0.3, -0.25) is 4.52 Å². The monoisotopic (exact) mass is 519 g/mol. The van der Waals surface area contributed by atoms with Crippen molar-refractivity contribution in [1.82, 2.24) is 19.5 Å². The standard InChI is InChI=1S/C12H17FN5O11P3/c1-4-5-9(27-31(23,24)29-32(25,26)28-30(20,21)22)12(5,19)8(13)7(4)18-3-17-6-10(14)15-2-16-11(6)18/h2-5,7-9,19H,1H3,(H,23,24)(H,25,26)(H2,14,15,16)(H2,20,21,22)/t4-,5-,7-,8-,9?,12-/m1/s1. The highest BCUT2D eigenvalue weighted by Crippen LogP contribution is 2.72. The number of rotatable bonds is 7. The molecule has 0 saturated heterocycles. The molecule has 2 saturated carbocycles. The smallest absolute Gasteiger partial charge is 0.384 e. The van der Waals surface area contributed by atoms with Crippen LogP contribution in [-0.2, 0) is 26.8 Å². The summed E-state index contributed by atoms with van der Waals surface area (Å²) in [5.41, 5.74) is 3.85. The van der Waals surface area contributed by atoms with Crippen LogP contribution in [-0.4, -0.2) is 62.1 Å². The Hall–Kier alpha value is -1.35. The maximum Gasteiger partial charge on any atom is 0.490 e. The Labute approximate surface area is 177 Å². The van der Waals surface area contributed by atoms with E-state index in [1.54, 1.807) is 0 Å². The van der Waals surface area contributed by atoms with Gasteiger partial charge in [0.1, 0.15) is 23.5 Å². The first-order valence-corrected chi connectivity index (χ1v) is 13.2. The average Bonchev–Trinajstić information content (AvgIpc) is 2.90. The topological polar surface area (TPSA) is 250 Å². The molecule has 2 aliphatic rings. The summed E-state index contributed by atoms with van der Waals surface area (Å²) in [5.74, 6) is -1.71. The first kappa shape index (κ1) is 23.8. The molecule has 16 nitrogen and oxygen atoms in total. The van der Waals surface area contributed by atoms with Crippen molar-refractivity contribution in [2.45, 2.75) is 30.8 Å². The molecule has 2 heterocycles. The van der Waals surface area contributed by atoms with Crippen molar-refractivity contribution in [3.63, 3.8) is 0 Å². The Bertz CT molecular complexity index is 1220. The number of nitrogens with zero attached hydrogens (tertiary/aromatic N) is 4. The van der Waals surface area contributed by atoms with Gasteiger partial charge in [-0.1, -0.05) is 6.92 Å². The number of nitrogen functional groups attached to an aromatic ring is 1. The number of imidazole rings is 1. The lowest BCUT2D eigenvalue weighted by atomic mass is 9.98. The van der Waals surface area contributed by atoms with Crippen molar-refractivity contribution in [1.29, 1.82) is 0 Å². The molecule has 20 heteroatoms. The van der Waals surface area contributed by atoms with Crippen molar-refractivity contribution in [3.8, 4) is 0 Å². The number of hydrogen-bond donors (Lipinski definition) is 6. The zero-order valence-electron chi connectivity index (χ0n) is 15.8. The second-order valence-corrected chi connectivity index (χ2v) is 11.7. The fourth-order valence-electron chi connectivity index (χ4n) is 4.25. The molecule has 4 rings (SSSR count). The summed E-state index contributed by atoms with van der Waals surface area (Å²) in [6, 6.07) is -1.02. The number of phosphoric ester groups is 1. The van der Waals surface area contributed by atoms with E-state index >= 15 is 4.39 Å². The van der Waals surface area contributed by atoms with Gasteiger partial charge in [-0.25, -0.2) is 33.0 Å². The van der Waals surface area contributed by atoms with E-state index in [0.717, 1.165) is 6.33 Å². The maximum absolute atomic E-state index is 15.3.